The van der Waals surface area contributed by atoms with Gasteiger partial charge in [0.1, 0.15) is 5.60 Å². The Kier molecular flexibility index (Phi) is 7.81. The second kappa shape index (κ2) is 9.92. The van der Waals surface area contributed by atoms with Gasteiger partial charge in [0.05, 0.1) is 22.6 Å². The lowest BCUT2D eigenvalue weighted by atomic mass is 9.84. The van der Waals surface area contributed by atoms with E-state index in [9.17, 15) is 5.11 Å². The average molecular weight is 441 g/mol. The molecule has 0 aromatic carbocycles. The Morgan fingerprint density at radius 3 is 2.68 bits per heavy atom. The van der Waals surface area contributed by atoms with Gasteiger partial charge < -0.3 is 9.84 Å². The molecule has 0 atom stereocenters. The predicted octanol–water partition coefficient (Wildman–Crippen LogP) is 5.10. The van der Waals surface area contributed by atoms with E-state index in [-0.39, 0.29) is 12.2 Å². The van der Waals surface area contributed by atoms with Gasteiger partial charge in [-0.1, -0.05) is 31.5 Å². The molecule has 0 unspecified atom stereocenters. The molecule has 28 heavy (non-hydrogen) atoms. The standard InChI is InChI=1S/C19H23ClN2O2S2.C2H6/c1-25-16-3-2-13(10-21-16)11-22-7-5-19(6-8-22)17-14(4-9-24-19)15(12-23)18(20)26-17;1-2/h2-3,10,23H,4-9,11-12H2,1H3;1-2H3. The number of thiophene rings is 1. The number of halogens is 1. The van der Waals surface area contributed by atoms with Gasteiger partial charge in [0, 0.05) is 36.3 Å². The number of aliphatic hydroxyl groups is 1. The molecule has 2 aromatic heterocycles. The molecule has 2 aliphatic heterocycles. The van der Waals surface area contributed by atoms with Crippen molar-refractivity contribution in [2.24, 2.45) is 0 Å². The molecule has 1 spiro atoms. The van der Waals surface area contributed by atoms with E-state index in [4.69, 9.17) is 16.3 Å². The van der Waals surface area contributed by atoms with E-state index < -0.39 is 0 Å². The Morgan fingerprint density at radius 1 is 1.32 bits per heavy atom. The Balaban J connectivity index is 0.00000109. The number of piperidine rings is 1. The third kappa shape index (κ3) is 4.42. The van der Waals surface area contributed by atoms with Crippen LogP contribution in [0.1, 0.15) is 48.3 Å². The number of fused-ring (bicyclic) bond motifs is 2. The topological polar surface area (TPSA) is 45.6 Å². The molecule has 0 saturated carbocycles. The van der Waals surface area contributed by atoms with Crippen LogP contribution in [0.3, 0.4) is 0 Å². The number of rotatable bonds is 4. The van der Waals surface area contributed by atoms with E-state index >= 15 is 0 Å². The third-order valence-electron chi connectivity index (χ3n) is 5.45. The van der Waals surface area contributed by atoms with Crippen molar-refractivity contribution in [1.29, 1.82) is 0 Å². The lowest BCUT2D eigenvalue weighted by molar-refractivity contribution is -0.0962. The fourth-order valence-corrected chi connectivity index (χ4v) is 6.05. The zero-order valence-electron chi connectivity index (χ0n) is 16.8. The van der Waals surface area contributed by atoms with Gasteiger partial charge in [-0.15, -0.1) is 23.1 Å². The highest BCUT2D eigenvalue weighted by Crippen LogP contribution is 2.48. The first kappa shape index (κ1) is 22.1. The van der Waals surface area contributed by atoms with E-state index in [2.05, 4.69) is 22.0 Å². The first-order chi connectivity index (χ1) is 13.6. The number of aliphatic hydroxyl groups excluding tert-OH is 1. The smallest absolute Gasteiger partial charge is 0.105 e. The van der Waals surface area contributed by atoms with Crippen molar-refractivity contribution in [1.82, 2.24) is 9.88 Å². The fraction of sp³-hybridized carbons (Fsp3) is 0.571. The van der Waals surface area contributed by atoms with E-state index in [0.717, 1.165) is 53.8 Å². The molecule has 1 saturated heterocycles. The van der Waals surface area contributed by atoms with Crippen LogP contribution >= 0.6 is 34.7 Å². The summed E-state index contributed by atoms with van der Waals surface area (Å²) in [7, 11) is 0. The number of aromatic nitrogens is 1. The minimum atomic E-state index is -0.216. The molecule has 154 valence electrons. The summed E-state index contributed by atoms with van der Waals surface area (Å²) in [5.41, 5.74) is 3.19. The van der Waals surface area contributed by atoms with Crippen molar-refractivity contribution in [3.63, 3.8) is 0 Å². The SMILES string of the molecule is CC.CSc1ccc(CN2CCC3(CC2)OCCc2c3sc(Cl)c2CO)cn1. The number of ether oxygens (including phenoxy) is 1. The molecule has 0 bridgehead atoms. The van der Waals surface area contributed by atoms with Crippen molar-refractivity contribution < 1.29 is 9.84 Å². The lowest BCUT2D eigenvalue weighted by Gasteiger charge is -2.43. The molecule has 0 aliphatic carbocycles. The quantitative estimate of drug-likeness (QED) is 0.670. The number of hydrogen-bond donors (Lipinski definition) is 1. The maximum absolute atomic E-state index is 9.66. The fourth-order valence-electron chi connectivity index (χ4n) is 4.00. The second-order valence-corrected chi connectivity index (χ2v) is 9.35. The molecule has 4 rings (SSSR count). The number of likely N-dealkylation sites (tertiary alicyclic amines) is 1. The van der Waals surface area contributed by atoms with Crippen LogP contribution < -0.4 is 0 Å². The van der Waals surface area contributed by atoms with Crippen LogP contribution in [0.4, 0.5) is 0 Å². The summed E-state index contributed by atoms with van der Waals surface area (Å²) in [5.74, 6) is 0. The highest BCUT2D eigenvalue weighted by Gasteiger charge is 2.43. The lowest BCUT2D eigenvalue weighted by Crippen LogP contribution is -2.45. The molecule has 1 fully saturated rings. The van der Waals surface area contributed by atoms with Gasteiger partial charge in [-0.05, 0) is 42.7 Å². The zero-order chi connectivity index (χ0) is 20.1. The monoisotopic (exact) mass is 440 g/mol. The molecular weight excluding hydrogens is 412 g/mol. The zero-order valence-corrected chi connectivity index (χ0v) is 19.2. The summed E-state index contributed by atoms with van der Waals surface area (Å²) in [5, 5.41) is 10.7. The van der Waals surface area contributed by atoms with E-state index in [1.807, 2.05) is 26.3 Å². The van der Waals surface area contributed by atoms with Crippen LogP contribution in [0.25, 0.3) is 0 Å². The van der Waals surface area contributed by atoms with E-state index in [1.54, 1.807) is 23.1 Å². The Morgan fingerprint density at radius 2 is 2.07 bits per heavy atom. The third-order valence-corrected chi connectivity index (χ3v) is 7.81. The summed E-state index contributed by atoms with van der Waals surface area (Å²) in [6.07, 6.45) is 6.82. The first-order valence-corrected chi connectivity index (χ1v) is 12.3. The number of hydrogen-bond acceptors (Lipinski definition) is 6. The van der Waals surface area contributed by atoms with Gasteiger partial charge in [-0.3, -0.25) is 4.90 Å². The van der Waals surface area contributed by atoms with Gasteiger partial charge in [-0.25, -0.2) is 4.98 Å². The molecule has 4 nitrogen and oxygen atoms in total. The van der Waals surface area contributed by atoms with Crippen LogP contribution in [0.5, 0.6) is 0 Å². The highest BCUT2D eigenvalue weighted by atomic mass is 35.5. The van der Waals surface area contributed by atoms with Gasteiger partial charge in [-0.2, -0.15) is 0 Å². The van der Waals surface area contributed by atoms with Crippen molar-refractivity contribution in [3.05, 3.63) is 44.2 Å². The maximum Gasteiger partial charge on any atom is 0.105 e. The molecule has 7 heteroatoms. The first-order valence-electron chi connectivity index (χ1n) is 9.92. The largest absolute Gasteiger partial charge is 0.392 e. The van der Waals surface area contributed by atoms with Gasteiger partial charge in [0.25, 0.3) is 0 Å². The number of nitrogens with zero attached hydrogens (tertiary/aromatic N) is 2. The Labute approximate surface area is 181 Å². The Hall–Kier alpha value is -0.630. The molecule has 1 N–H and O–H groups in total. The van der Waals surface area contributed by atoms with Crippen molar-refractivity contribution in [2.75, 3.05) is 26.0 Å². The molecule has 4 heterocycles. The number of pyridine rings is 1. The molecular formula is C21H29ClN2O2S2. The average Bonchev–Trinajstić information content (AvgIpc) is 3.08. The van der Waals surface area contributed by atoms with Gasteiger partial charge >= 0.3 is 0 Å². The van der Waals surface area contributed by atoms with E-state index in [1.165, 1.54) is 16.0 Å². The second-order valence-electron chi connectivity index (χ2n) is 6.90. The van der Waals surface area contributed by atoms with Crippen LogP contribution in [-0.4, -0.2) is 40.9 Å². The van der Waals surface area contributed by atoms with E-state index in [0.29, 0.717) is 6.61 Å². The molecule has 2 aromatic rings. The summed E-state index contributed by atoms with van der Waals surface area (Å²) < 4.78 is 7.03. The van der Waals surface area contributed by atoms with Gasteiger partial charge in [0.15, 0.2) is 0 Å². The highest BCUT2D eigenvalue weighted by molar-refractivity contribution is 7.98. The molecule has 0 radical (unpaired) electrons. The van der Waals surface area contributed by atoms with Crippen molar-refractivity contribution >= 4 is 34.7 Å². The summed E-state index contributed by atoms with van der Waals surface area (Å²) in [6, 6.07) is 4.26. The van der Waals surface area contributed by atoms with Crippen molar-refractivity contribution in [2.45, 2.75) is 56.9 Å². The summed E-state index contributed by atoms with van der Waals surface area (Å²) in [4.78, 5) is 8.20. The maximum atomic E-state index is 9.66. The molecule has 2 aliphatic rings. The summed E-state index contributed by atoms with van der Waals surface area (Å²) >= 11 is 9.66. The Bertz CT molecular complexity index is 771. The minimum Gasteiger partial charge on any atom is -0.392 e. The van der Waals surface area contributed by atoms with Crippen molar-refractivity contribution in [3.8, 4) is 0 Å². The number of thioether (sulfide) groups is 1. The minimum absolute atomic E-state index is 0.0198. The van der Waals surface area contributed by atoms with Gasteiger partial charge in [0.2, 0.25) is 0 Å². The van der Waals surface area contributed by atoms with Crippen LogP contribution in [-0.2, 0) is 29.9 Å². The van der Waals surface area contributed by atoms with Crippen LogP contribution in [0, 0.1) is 0 Å². The molecule has 0 amide bonds. The van der Waals surface area contributed by atoms with Crippen LogP contribution in [0.15, 0.2) is 23.4 Å². The summed E-state index contributed by atoms with van der Waals surface area (Å²) in [6.45, 7) is 7.65. The normalized spacial score (nSPS) is 18.5. The van der Waals surface area contributed by atoms with Crippen LogP contribution in [0.2, 0.25) is 4.34 Å². The predicted molar refractivity (Wildman–Crippen MR) is 118 cm³/mol.